The van der Waals surface area contributed by atoms with Crippen LogP contribution < -0.4 is 10.6 Å². The van der Waals surface area contributed by atoms with Crippen molar-refractivity contribution in [3.8, 4) is 0 Å². The Bertz CT molecular complexity index is 704. The minimum atomic E-state index is -0.334. The van der Waals surface area contributed by atoms with Crippen LogP contribution in [0.15, 0.2) is 47.1 Å². The molecule has 0 unspecified atom stereocenters. The summed E-state index contributed by atoms with van der Waals surface area (Å²) >= 11 is 0. The summed E-state index contributed by atoms with van der Waals surface area (Å²) in [4.78, 5) is 26.5. The van der Waals surface area contributed by atoms with E-state index in [0.29, 0.717) is 17.3 Å². The second-order valence-electron chi connectivity index (χ2n) is 5.87. The van der Waals surface area contributed by atoms with Crippen LogP contribution in [0.4, 0.5) is 5.69 Å². The number of nitrogens with zero attached hydrogens (tertiary/aromatic N) is 1. The van der Waals surface area contributed by atoms with Gasteiger partial charge in [0.25, 0.3) is 11.8 Å². The molecule has 24 heavy (non-hydrogen) atoms. The fourth-order valence-corrected chi connectivity index (χ4v) is 2.88. The number of hydrogen-bond donors (Lipinski definition) is 2. The van der Waals surface area contributed by atoms with Crippen molar-refractivity contribution in [3.63, 3.8) is 0 Å². The summed E-state index contributed by atoms with van der Waals surface area (Å²) in [5.74, 6) is -0.0982. The Morgan fingerprint density at radius 3 is 2.62 bits per heavy atom. The highest BCUT2D eigenvalue weighted by molar-refractivity contribution is 6.03. The number of anilines is 1. The van der Waals surface area contributed by atoms with Crippen LogP contribution in [0.5, 0.6) is 0 Å². The molecule has 2 heterocycles. The maximum Gasteiger partial charge on any atom is 0.291 e. The molecule has 1 saturated heterocycles. The third kappa shape index (κ3) is 3.65. The van der Waals surface area contributed by atoms with Gasteiger partial charge in [0, 0.05) is 30.4 Å². The van der Waals surface area contributed by atoms with Crippen molar-refractivity contribution >= 4 is 17.5 Å². The molecule has 0 spiro atoms. The van der Waals surface area contributed by atoms with Crippen LogP contribution in [-0.4, -0.2) is 42.9 Å². The lowest BCUT2D eigenvalue weighted by atomic mass is 10.0. The first kappa shape index (κ1) is 16.3. The summed E-state index contributed by atoms with van der Waals surface area (Å²) in [5, 5.41) is 6.00. The van der Waals surface area contributed by atoms with E-state index in [1.807, 2.05) is 11.9 Å². The van der Waals surface area contributed by atoms with Gasteiger partial charge >= 0.3 is 0 Å². The molecule has 1 fully saturated rings. The average molecular weight is 327 g/mol. The van der Waals surface area contributed by atoms with Gasteiger partial charge in [0.05, 0.1) is 6.26 Å². The average Bonchev–Trinajstić information content (AvgIpc) is 3.16. The molecule has 1 aliphatic heterocycles. The van der Waals surface area contributed by atoms with E-state index in [9.17, 15) is 9.59 Å². The smallest absolute Gasteiger partial charge is 0.291 e. The van der Waals surface area contributed by atoms with E-state index in [1.165, 1.54) is 6.26 Å². The molecule has 0 aliphatic carbocycles. The lowest BCUT2D eigenvalue weighted by molar-refractivity contribution is 0.0707. The zero-order valence-electron chi connectivity index (χ0n) is 13.6. The molecule has 3 rings (SSSR count). The number of rotatable bonds is 4. The number of hydrogen-bond acceptors (Lipinski definition) is 4. The van der Waals surface area contributed by atoms with Crippen LogP contribution in [0.1, 0.15) is 33.8 Å². The minimum Gasteiger partial charge on any atom is -0.459 e. The number of nitrogens with one attached hydrogen (secondary N) is 2. The third-order valence-electron chi connectivity index (χ3n) is 4.30. The van der Waals surface area contributed by atoms with Crippen molar-refractivity contribution in [2.75, 3.05) is 25.5 Å². The molecule has 6 heteroatoms. The van der Waals surface area contributed by atoms with Gasteiger partial charge in [-0.25, -0.2) is 0 Å². The molecule has 1 aromatic heterocycles. The van der Waals surface area contributed by atoms with Gasteiger partial charge in [0.15, 0.2) is 5.76 Å². The Morgan fingerprint density at radius 2 is 1.96 bits per heavy atom. The maximum atomic E-state index is 12.6. The molecule has 2 N–H and O–H groups in total. The number of furan rings is 1. The molecule has 6 nitrogen and oxygen atoms in total. The van der Waals surface area contributed by atoms with Crippen molar-refractivity contribution in [3.05, 3.63) is 54.0 Å². The van der Waals surface area contributed by atoms with Gasteiger partial charge in [0.2, 0.25) is 0 Å². The van der Waals surface area contributed by atoms with Crippen LogP contribution in [0.2, 0.25) is 0 Å². The highest BCUT2D eigenvalue weighted by Crippen LogP contribution is 2.17. The summed E-state index contributed by atoms with van der Waals surface area (Å²) in [7, 11) is 1.95. The zero-order valence-corrected chi connectivity index (χ0v) is 13.6. The fourth-order valence-electron chi connectivity index (χ4n) is 2.88. The zero-order chi connectivity index (χ0) is 16.9. The molecule has 2 aromatic rings. The Hall–Kier alpha value is -2.60. The van der Waals surface area contributed by atoms with Gasteiger partial charge in [-0.2, -0.15) is 0 Å². The van der Waals surface area contributed by atoms with Gasteiger partial charge < -0.3 is 20.0 Å². The lowest BCUT2D eigenvalue weighted by Gasteiger charge is -2.31. The summed E-state index contributed by atoms with van der Waals surface area (Å²) < 4.78 is 5.07. The molecule has 0 saturated carbocycles. The predicted octanol–water partition coefficient (Wildman–Crippen LogP) is 2.36. The Kier molecular flexibility index (Phi) is 4.96. The molecular weight excluding hydrogens is 306 g/mol. The van der Waals surface area contributed by atoms with E-state index in [0.717, 1.165) is 25.9 Å². The first-order valence-corrected chi connectivity index (χ1v) is 8.09. The molecule has 1 aromatic carbocycles. The van der Waals surface area contributed by atoms with Crippen molar-refractivity contribution in [2.45, 2.75) is 18.9 Å². The predicted molar refractivity (Wildman–Crippen MR) is 91.1 cm³/mol. The third-order valence-corrected chi connectivity index (χ3v) is 4.30. The van der Waals surface area contributed by atoms with Crippen molar-refractivity contribution in [2.24, 2.45) is 0 Å². The van der Waals surface area contributed by atoms with Gasteiger partial charge in [-0.05, 0) is 50.2 Å². The van der Waals surface area contributed by atoms with Crippen molar-refractivity contribution in [1.29, 1.82) is 0 Å². The largest absolute Gasteiger partial charge is 0.459 e. The van der Waals surface area contributed by atoms with E-state index >= 15 is 0 Å². The molecule has 0 radical (unpaired) electrons. The van der Waals surface area contributed by atoms with Crippen LogP contribution in [0.3, 0.4) is 0 Å². The first-order valence-electron chi connectivity index (χ1n) is 8.09. The summed E-state index contributed by atoms with van der Waals surface area (Å²) in [6.45, 7) is 1.49. The first-order chi connectivity index (χ1) is 11.7. The van der Waals surface area contributed by atoms with Gasteiger partial charge in [-0.15, -0.1) is 0 Å². The van der Waals surface area contributed by atoms with E-state index in [1.54, 1.807) is 36.4 Å². The standard InChI is InChI=1S/C18H21N3O3/c1-19-14-7-9-21(10-8-14)18(23)13-4-2-5-15(12-13)20-17(22)16-6-3-11-24-16/h2-6,11-12,14,19H,7-10H2,1H3,(H,20,22). The quantitative estimate of drug-likeness (QED) is 0.904. The van der Waals surface area contributed by atoms with Crippen LogP contribution in [0, 0.1) is 0 Å². The fraction of sp³-hybridized carbons (Fsp3) is 0.333. The Morgan fingerprint density at radius 1 is 1.17 bits per heavy atom. The van der Waals surface area contributed by atoms with Gasteiger partial charge in [-0.1, -0.05) is 6.07 Å². The summed E-state index contributed by atoms with van der Waals surface area (Å²) in [6, 6.07) is 10.7. The number of carbonyl (C=O) groups is 2. The number of benzene rings is 1. The topological polar surface area (TPSA) is 74.6 Å². The molecule has 1 aliphatic rings. The second kappa shape index (κ2) is 7.31. The van der Waals surface area contributed by atoms with Crippen LogP contribution >= 0.6 is 0 Å². The van der Waals surface area contributed by atoms with Crippen LogP contribution in [0.25, 0.3) is 0 Å². The number of likely N-dealkylation sites (tertiary alicyclic amines) is 1. The highest BCUT2D eigenvalue weighted by atomic mass is 16.3. The second-order valence-corrected chi connectivity index (χ2v) is 5.87. The Labute approximate surface area is 140 Å². The molecule has 0 atom stereocenters. The lowest BCUT2D eigenvalue weighted by Crippen LogP contribution is -2.43. The van der Waals surface area contributed by atoms with Crippen molar-refractivity contribution < 1.29 is 14.0 Å². The van der Waals surface area contributed by atoms with E-state index < -0.39 is 0 Å². The maximum absolute atomic E-state index is 12.6. The number of carbonyl (C=O) groups excluding carboxylic acids is 2. The minimum absolute atomic E-state index is 0.00125. The van der Waals surface area contributed by atoms with Gasteiger partial charge in [-0.3, -0.25) is 9.59 Å². The molecule has 126 valence electrons. The van der Waals surface area contributed by atoms with E-state index in [2.05, 4.69) is 10.6 Å². The number of piperidine rings is 1. The number of amides is 2. The van der Waals surface area contributed by atoms with E-state index in [-0.39, 0.29) is 17.6 Å². The molecule has 2 amide bonds. The summed E-state index contributed by atoms with van der Waals surface area (Å²) in [5.41, 5.74) is 1.16. The highest BCUT2D eigenvalue weighted by Gasteiger charge is 2.23. The SMILES string of the molecule is CNC1CCN(C(=O)c2cccc(NC(=O)c3ccco3)c2)CC1. The van der Waals surface area contributed by atoms with Crippen molar-refractivity contribution in [1.82, 2.24) is 10.2 Å². The van der Waals surface area contributed by atoms with E-state index in [4.69, 9.17) is 4.42 Å². The summed E-state index contributed by atoms with van der Waals surface area (Å²) in [6.07, 6.45) is 3.36. The normalized spacial score (nSPS) is 15.3. The Balaban J connectivity index is 1.66. The molecule has 0 bridgehead atoms. The van der Waals surface area contributed by atoms with Crippen LogP contribution in [-0.2, 0) is 0 Å². The monoisotopic (exact) mass is 327 g/mol. The van der Waals surface area contributed by atoms with Gasteiger partial charge in [0.1, 0.15) is 0 Å². The molecular formula is C18H21N3O3.